The minimum Gasteiger partial charge on any atom is -0.496 e. The number of hydrogen-bond acceptors (Lipinski definition) is 9. The van der Waals surface area contributed by atoms with Gasteiger partial charge in [-0.15, -0.1) is 0 Å². The molecule has 0 fully saturated rings. The third-order valence-corrected chi connectivity index (χ3v) is 8.86. The minimum absolute atomic E-state index is 0.00273. The highest BCUT2D eigenvalue weighted by atomic mass is 16.6. The fourth-order valence-corrected chi connectivity index (χ4v) is 6.28. The predicted molar refractivity (Wildman–Crippen MR) is 198 cm³/mol. The van der Waals surface area contributed by atoms with Crippen molar-refractivity contribution in [2.24, 2.45) is 0 Å². The van der Waals surface area contributed by atoms with Crippen LogP contribution in [0.4, 0.5) is 5.69 Å². The third kappa shape index (κ3) is 7.71. The molecule has 12 nitrogen and oxygen atoms in total. The Morgan fingerprint density at radius 2 is 1.60 bits per heavy atom. The summed E-state index contributed by atoms with van der Waals surface area (Å²) in [5.74, 6) is -1.55. The average molecular weight is 722 g/mol. The fourth-order valence-electron chi connectivity index (χ4n) is 6.28. The van der Waals surface area contributed by atoms with Crippen LogP contribution in [0.2, 0.25) is 0 Å². The van der Waals surface area contributed by atoms with Crippen LogP contribution in [0.3, 0.4) is 0 Å². The molecule has 1 N–H and O–H groups in total. The molecule has 1 atom stereocenters. The van der Waals surface area contributed by atoms with Crippen molar-refractivity contribution in [3.8, 4) is 22.6 Å². The zero-order valence-electron chi connectivity index (χ0n) is 30.9. The van der Waals surface area contributed by atoms with E-state index < -0.39 is 41.8 Å². The van der Waals surface area contributed by atoms with Crippen LogP contribution in [0.5, 0.6) is 11.5 Å². The summed E-state index contributed by atoms with van der Waals surface area (Å²) in [5.41, 5.74) is 1.42. The number of esters is 2. The molecular weight excluding hydrogens is 678 g/mol. The second-order valence-corrected chi connectivity index (χ2v) is 12.9. The van der Waals surface area contributed by atoms with Gasteiger partial charge in [0.1, 0.15) is 18.1 Å². The zero-order valence-corrected chi connectivity index (χ0v) is 30.9. The number of carbonyl (C=O) groups excluding carboxylic acids is 5. The van der Waals surface area contributed by atoms with E-state index in [0.717, 1.165) is 5.56 Å². The number of rotatable bonds is 13. The second kappa shape index (κ2) is 16.0. The van der Waals surface area contributed by atoms with Gasteiger partial charge in [0.05, 0.1) is 43.1 Å². The summed E-state index contributed by atoms with van der Waals surface area (Å²) in [4.78, 5) is 69.7. The molecule has 3 amide bonds. The Balaban J connectivity index is 1.40. The number of hydrogen-bond donors (Lipinski definition) is 1. The van der Waals surface area contributed by atoms with Crippen molar-refractivity contribution in [1.29, 1.82) is 0 Å². The molecule has 0 saturated heterocycles. The topological polar surface area (TPSA) is 141 Å². The molecule has 0 aliphatic carbocycles. The van der Waals surface area contributed by atoms with Crippen LogP contribution < -0.4 is 14.8 Å². The summed E-state index contributed by atoms with van der Waals surface area (Å²) >= 11 is 0. The molecule has 5 rings (SSSR count). The lowest BCUT2D eigenvalue weighted by Crippen LogP contribution is -2.52. The molecule has 0 spiro atoms. The second-order valence-electron chi connectivity index (χ2n) is 12.9. The van der Waals surface area contributed by atoms with E-state index in [4.69, 9.17) is 18.9 Å². The Bertz CT molecular complexity index is 2040. The Kier molecular flexibility index (Phi) is 11.5. The Labute approximate surface area is 308 Å². The van der Waals surface area contributed by atoms with Crippen molar-refractivity contribution in [1.82, 2.24) is 9.80 Å². The van der Waals surface area contributed by atoms with E-state index in [1.54, 1.807) is 75.6 Å². The van der Waals surface area contributed by atoms with E-state index in [1.807, 2.05) is 38.1 Å². The third-order valence-electron chi connectivity index (χ3n) is 8.86. The molecule has 0 radical (unpaired) electrons. The number of nitrogens with one attached hydrogen (secondary N) is 1. The first-order valence-electron chi connectivity index (χ1n) is 17.1. The maximum atomic E-state index is 13.9. The molecule has 0 saturated carbocycles. The van der Waals surface area contributed by atoms with Gasteiger partial charge in [0.2, 0.25) is 5.54 Å². The number of methoxy groups -OCH3 is 1. The summed E-state index contributed by atoms with van der Waals surface area (Å²) < 4.78 is 22.4. The van der Waals surface area contributed by atoms with Crippen molar-refractivity contribution in [3.05, 3.63) is 113 Å². The van der Waals surface area contributed by atoms with Crippen molar-refractivity contribution in [3.63, 3.8) is 0 Å². The number of carbonyl (C=O) groups is 5. The molecule has 0 aromatic heterocycles. The number of ether oxygens (including phenoxy) is 4. The van der Waals surface area contributed by atoms with Crippen LogP contribution in [0.15, 0.2) is 84.9 Å². The molecule has 4 aromatic carbocycles. The first-order valence-corrected chi connectivity index (χ1v) is 17.1. The van der Waals surface area contributed by atoms with Gasteiger partial charge in [-0.2, -0.15) is 0 Å². The average Bonchev–Trinajstić information content (AvgIpc) is 3.36. The van der Waals surface area contributed by atoms with Crippen LogP contribution in [-0.2, 0) is 31.0 Å². The number of amides is 3. The van der Waals surface area contributed by atoms with Gasteiger partial charge in [-0.05, 0) is 74.4 Å². The number of likely N-dealkylation sites (N-methyl/N-ethyl adjacent to an activating group) is 1. The molecule has 1 heterocycles. The van der Waals surface area contributed by atoms with Gasteiger partial charge < -0.3 is 34.1 Å². The molecule has 1 aliphatic rings. The van der Waals surface area contributed by atoms with Crippen molar-refractivity contribution < 1.29 is 42.9 Å². The van der Waals surface area contributed by atoms with Gasteiger partial charge in [-0.25, -0.2) is 4.79 Å². The highest BCUT2D eigenvalue weighted by Crippen LogP contribution is 2.40. The smallest absolute Gasteiger partial charge is 0.340 e. The summed E-state index contributed by atoms with van der Waals surface area (Å²) in [7, 11) is 6.14. The zero-order chi connectivity index (χ0) is 38.4. The molecule has 0 bridgehead atoms. The summed E-state index contributed by atoms with van der Waals surface area (Å²) in [6.45, 7) is 5.11. The molecule has 1 unspecified atom stereocenters. The van der Waals surface area contributed by atoms with Gasteiger partial charge in [-0.3, -0.25) is 19.2 Å². The Morgan fingerprint density at radius 3 is 2.26 bits per heavy atom. The largest absolute Gasteiger partial charge is 0.496 e. The van der Waals surface area contributed by atoms with E-state index >= 15 is 0 Å². The quantitative estimate of drug-likeness (QED) is 0.171. The van der Waals surface area contributed by atoms with Crippen molar-refractivity contribution in [2.75, 3.05) is 46.8 Å². The molecule has 1 aliphatic heterocycles. The SMILES string of the molecule is CCOC(=O)C1(COC(=O)Cc2ccc(NC(=O)c3cccc(OC)c3-c3ccc(OC(C)C)cc3)c(C(=O)N(C)C)c2)c2ccccc2C(=O)N1C. The van der Waals surface area contributed by atoms with E-state index in [2.05, 4.69) is 5.32 Å². The molecule has 53 heavy (non-hydrogen) atoms. The van der Waals surface area contributed by atoms with Gasteiger partial charge >= 0.3 is 11.9 Å². The maximum absolute atomic E-state index is 13.9. The number of benzene rings is 4. The first-order chi connectivity index (χ1) is 25.3. The molecule has 4 aromatic rings. The van der Waals surface area contributed by atoms with Crippen LogP contribution in [0, 0.1) is 0 Å². The summed E-state index contributed by atoms with van der Waals surface area (Å²) in [6, 6.07) is 23.8. The van der Waals surface area contributed by atoms with E-state index in [0.29, 0.717) is 39.3 Å². The van der Waals surface area contributed by atoms with Gasteiger partial charge in [0, 0.05) is 37.8 Å². The van der Waals surface area contributed by atoms with Gasteiger partial charge in [0.25, 0.3) is 17.7 Å². The summed E-state index contributed by atoms with van der Waals surface area (Å²) in [6.07, 6.45) is -0.270. The molecule has 276 valence electrons. The van der Waals surface area contributed by atoms with Crippen LogP contribution in [0.1, 0.15) is 63.0 Å². The van der Waals surface area contributed by atoms with Crippen LogP contribution in [-0.4, -0.2) is 87.0 Å². The van der Waals surface area contributed by atoms with Crippen molar-refractivity contribution >= 4 is 35.3 Å². The predicted octanol–water partition coefficient (Wildman–Crippen LogP) is 5.73. The monoisotopic (exact) mass is 721 g/mol. The number of nitrogens with zero attached hydrogens (tertiary/aromatic N) is 2. The van der Waals surface area contributed by atoms with Gasteiger partial charge in [0.15, 0.2) is 0 Å². The van der Waals surface area contributed by atoms with Gasteiger partial charge in [-0.1, -0.05) is 42.5 Å². The lowest BCUT2D eigenvalue weighted by Gasteiger charge is -2.33. The summed E-state index contributed by atoms with van der Waals surface area (Å²) in [5, 5.41) is 2.88. The highest BCUT2D eigenvalue weighted by Gasteiger charge is 2.55. The molecule has 12 heteroatoms. The standard InChI is InChI=1S/C41H43N3O9/c1-8-51-40(49)41(32-14-10-9-12-29(32)39(48)44(41)6)24-52-35(45)23-26-16-21-33(31(22-26)38(47)43(4)5)42-37(46)30-13-11-15-34(50-7)36(30)27-17-19-28(20-18-27)53-25(2)3/h9-22,25H,8,23-24H2,1-7H3,(H,42,46). The lowest BCUT2D eigenvalue weighted by molar-refractivity contribution is -0.163. The van der Waals surface area contributed by atoms with Crippen molar-refractivity contribution in [2.45, 2.75) is 38.8 Å². The fraction of sp³-hybridized carbons (Fsp3) is 0.293. The number of fused-ring (bicyclic) bond motifs is 1. The Hall–Kier alpha value is -6.17. The maximum Gasteiger partial charge on any atom is 0.340 e. The Morgan fingerprint density at radius 1 is 0.887 bits per heavy atom. The highest BCUT2D eigenvalue weighted by molar-refractivity contribution is 6.12. The normalized spacial score (nSPS) is 14.7. The first kappa shape index (κ1) is 38.1. The van der Waals surface area contributed by atoms with E-state index in [9.17, 15) is 24.0 Å². The van der Waals surface area contributed by atoms with E-state index in [1.165, 1.54) is 30.0 Å². The van der Waals surface area contributed by atoms with E-state index in [-0.39, 0.29) is 30.4 Å². The van der Waals surface area contributed by atoms with Crippen LogP contribution >= 0.6 is 0 Å². The lowest BCUT2D eigenvalue weighted by atomic mass is 9.90. The van der Waals surface area contributed by atoms with Crippen LogP contribution in [0.25, 0.3) is 11.1 Å². The number of anilines is 1. The molecular formula is C41H43N3O9. The minimum atomic E-state index is -1.66.